The van der Waals surface area contributed by atoms with Crippen LogP contribution in [-0.2, 0) is 20.8 Å². The second-order valence-electron chi connectivity index (χ2n) is 10.8. The van der Waals surface area contributed by atoms with Gasteiger partial charge in [0.05, 0.1) is 6.42 Å². The monoisotopic (exact) mass is 485 g/mol. The molecule has 35 heavy (non-hydrogen) atoms. The van der Waals surface area contributed by atoms with Gasteiger partial charge in [-0.15, -0.1) is 0 Å². The number of carbonyl (C=O) groups excluding carboxylic acids is 3. The molecule has 1 aliphatic carbocycles. The Bertz CT molecular complexity index is 817. The molecule has 1 aromatic carbocycles. The number of nitrogens with zero attached hydrogens (tertiary/aromatic N) is 1. The second kappa shape index (κ2) is 14.9. The Hall–Kier alpha value is -2.37. The fraction of sp³-hybridized carbons (Fsp3) is 0.690. The van der Waals surface area contributed by atoms with Crippen molar-refractivity contribution in [2.75, 3.05) is 13.6 Å². The van der Waals surface area contributed by atoms with Crippen LogP contribution in [0.25, 0.3) is 0 Å². The van der Waals surface area contributed by atoms with Crippen LogP contribution in [0.3, 0.4) is 0 Å². The third-order valence-corrected chi connectivity index (χ3v) is 6.94. The largest absolute Gasteiger partial charge is 0.344 e. The van der Waals surface area contributed by atoms with Crippen molar-refractivity contribution in [2.24, 2.45) is 11.8 Å². The number of hydrogen-bond donors (Lipinski definition) is 2. The lowest BCUT2D eigenvalue weighted by Crippen LogP contribution is -2.55. The number of rotatable bonds is 13. The van der Waals surface area contributed by atoms with Gasteiger partial charge in [-0.3, -0.25) is 14.4 Å². The van der Waals surface area contributed by atoms with Gasteiger partial charge in [-0.2, -0.15) is 0 Å². The fourth-order valence-corrected chi connectivity index (χ4v) is 4.98. The molecule has 1 saturated carbocycles. The Kier molecular flexibility index (Phi) is 12.3. The average molecular weight is 486 g/mol. The quantitative estimate of drug-likeness (QED) is 0.422. The minimum Gasteiger partial charge on any atom is -0.344 e. The van der Waals surface area contributed by atoms with Crippen LogP contribution >= 0.6 is 0 Å². The fourth-order valence-electron chi connectivity index (χ4n) is 4.98. The summed E-state index contributed by atoms with van der Waals surface area (Å²) in [5.41, 5.74) is 2.03. The molecular formula is C29H47N3O3. The van der Waals surface area contributed by atoms with Crippen LogP contribution in [0.2, 0.25) is 0 Å². The number of nitrogens with one attached hydrogen (secondary N) is 2. The number of benzene rings is 1. The summed E-state index contributed by atoms with van der Waals surface area (Å²) >= 11 is 0. The summed E-state index contributed by atoms with van der Waals surface area (Å²) in [6.07, 6.45) is 9.25. The Morgan fingerprint density at radius 1 is 1.06 bits per heavy atom. The van der Waals surface area contributed by atoms with Crippen molar-refractivity contribution < 1.29 is 14.4 Å². The Balaban J connectivity index is 2.10. The number of likely N-dealkylation sites (N-methyl/N-ethyl adjacent to an activating group) is 1. The predicted molar refractivity (Wildman–Crippen MR) is 142 cm³/mol. The highest BCUT2D eigenvalue weighted by Gasteiger charge is 2.31. The van der Waals surface area contributed by atoms with Crippen molar-refractivity contribution in [3.05, 3.63) is 35.4 Å². The van der Waals surface area contributed by atoms with E-state index in [1.165, 1.54) is 19.3 Å². The molecule has 1 aliphatic rings. The van der Waals surface area contributed by atoms with Gasteiger partial charge in [0, 0.05) is 13.6 Å². The maximum Gasteiger partial charge on any atom is 0.244 e. The molecule has 6 heteroatoms. The Morgan fingerprint density at radius 3 is 2.40 bits per heavy atom. The van der Waals surface area contributed by atoms with Gasteiger partial charge in [0.15, 0.2) is 0 Å². The topological polar surface area (TPSA) is 78.5 Å². The third kappa shape index (κ3) is 10.4. The molecule has 196 valence electrons. The second-order valence-corrected chi connectivity index (χ2v) is 10.8. The van der Waals surface area contributed by atoms with Gasteiger partial charge < -0.3 is 15.5 Å². The summed E-state index contributed by atoms with van der Waals surface area (Å²) in [6, 6.07) is 6.65. The third-order valence-electron chi connectivity index (χ3n) is 6.94. The standard InChI is InChI=1S/C29H47N3O3/c1-6-7-16-32(5)29(35)26(19-23-13-9-8-10-14-23)31-28(34)25(17-21(2)3)30-27(33)20-24-15-11-12-22(4)18-24/h11-12,15,18,21,23,25-26H,6-10,13-14,16-17,19-20H2,1-5H3,(H,30,33)(H,31,34)/t25-,26-/m0/s1. The SMILES string of the molecule is CCCCN(C)C(=O)[C@H](CC1CCCCC1)NC(=O)[C@H](CC(C)C)NC(=O)Cc1cccc(C)c1. The van der Waals surface area contributed by atoms with E-state index in [0.29, 0.717) is 25.3 Å². The van der Waals surface area contributed by atoms with Gasteiger partial charge in [0.1, 0.15) is 12.1 Å². The summed E-state index contributed by atoms with van der Waals surface area (Å²) in [5.74, 6) is 0.231. The van der Waals surface area contributed by atoms with Crippen LogP contribution in [-0.4, -0.2) is 48.3 Å². The molecule has 0 saturated heterocycles. The number of aryl methyl sites for hydroxylation is 1. The summed E-state index contributed by atoms with van der Waals surface area (Å²) in [4.78, 5) is 41.3. The highest BCUT2D eigenvalue weighted by Crippen LogP contribution is 2.28. The molecule has 0 radical (unpaired) electrons. The van der Waals surface area contributed by atoms with E-state index in [1.807, 2.05) is 52.1 Å². The van der Waals surface area contributed by atoms with Crippen molar-refractivity contribution in [1.29, 1.82) is 0 Å². The molecular weight excluding hydrogens is 438 g/mol. The van der Waals surface area contributed by atoms with Crippen LogP contribution in [0.4, 0.5) is 0 Å². The van der Waals surface area contributed by atoms with E-state index in [0.717, 1.165) is 36.8 Å². The zero-order valence-corrected chi connectivity index (χ0v) is 22.6. The van der Waals surface area contributed by atoms with Gasteiger partial charge in [-0.25, -0.2) is 0 Å². The van der Waals surface area contributed by atoms with Crippen molar-refractivity contribution in [1.82, 2.24) is 15.5 Å². The Labute approximate surface area is 212 Å². The van der Waals surface area contributed by atoms with Crippen LogP contribution in [0.5, 0.6) is 0 Å². The predicted octanol–water partition coefficient (Wildman–Crippen LogP) is 4.78. The first-order valence-corrected chi connectivity index (χ1v) is 13.6. The maximum atomic E-state index is 13.4. The lowest BCUT2D eigenvalue weighted by molar-refractivity contribution is -0.137. The van der Waals surface area contributed by atoms with E-state index in [2.05, 4.69) is 17.6 Å². The van der Waals surface area contributed by atoms with Crippen molar-refractivity contribution in [2.45, 2.75) is 104 Å². The average Bonchev–Trinajstić information content (AvgIpc) is 2.81. The van der Waals surface area contributed by atoms with Gasteiger partial charge >= 0.3 is 0 Å². The lowest BCUT2D eigenvalue weighted by atomic mass is 9.84. The van der Waals surface area contributed by atoms with E-state index in [1.54, 1.807) is 4.90 Å². The first kappa shape index (κ1) is 28.9. The highest BCUT2D eigenvalue weighted by molar-refractivity contribution is 5.92. The number of carbonyl (C=O) groups is 3. The first-order valence-electron chi connectivity index (χ1n) is 13.6. The zero-order chi connectivity index (χ0) is 25.8. The molecule has 0 aromatic heterocycles. The van der Waals surface area contributed by atoms with E-state index in [4.69, 9.17) is 0 Å². The molecule has 0 heterocycles. The number of amides is 3. The van der Waals surface area contributed by atoms with Gasteiger partial charge in [0.25, 0.3) is 0 Å². The molecule has 1 aromatic rings. The van der Waals surface area contributed by atoms with Crippen molar-refractivity contribution in [3.8, 4) is 0 Å². The Morgan fingerprint density at radius 2 is 1.77 bits per heavy atom. The number of unbranched alkanes of at least 4 members (excludes halogenated alkanes) is 1. The zero-order valence-electron chi connectivity index (χ0n) is 22.6. The molecule has 6 nitrogen and oxygen atoms in total. The van der Waals surface area contributed by atoms with Gasteiger partial charge in [-0.05, 0) is 43.6 Å². The van der Waals surface area contributed by atoms with Crippen LogP contribution < -0.4 is 10.6 Å². The lowest BCUT2D eigenvalue weighted by Gasteiger charge is -2.31. The molecule has 2 N–H and O–H groups in total. The van der Waals surface area contributed by atoms with Crippen LogP contribution in [0.15, 0.2) is 24.3 Å². The summed E-state index contributed by atoms with van der Waals surface area (Å²) in [5, 5.41) is 6.01. The van der Waals surface area contributed by atoms with Crippen LogP contribution in [0, 0.1) is 18.8 Å². The van der Waals surface area contributed by atoms with E-state index in [9.17, 15) is 14.4 Å². The summed E-state index contributed by atoms with van der Waals surface area (Å²) < 4.78 is 0. The molecule has 3 amide bonds. The molecule has 1 fully saturated rings. The van der Waals surface area contributed by atoms with E-state index < -0.39 is 12.1 Å². The number of hydrogen-bond acceptors (Lipinski definition) is 3. The van der Waals surface area contributed by atoms with E-state index >= 15 is 0 Å². The minimum atomic E-state index is -0.657. The maximum absolute atomic E-state index is 13.4. The van der Waals surface area contributed by atoms with Crippen LogP contribution in [0.1, 0.15) is 89.7 Å². The first-order chi connectivity index (χ1) is 16.7. The van der Waals surface area contributed by atoms with Crippen molar-refractivity contribution in [3.63, 3.8) is 0 Å². The molecule has 0 spiro atoms. The van der Waals surface area contributed by atoms with Crippen molar-refractivity contribution >= 4 is 17.7 Å². The smallest absolute Gasteiger partial charge is 0.244 e. The summed E-state index contributed by atoms with van der Waals surface area (Å²) in [6.45, 7) is 8.87. The van der Waals surface area contributed by atoms with E-state index in [-0.39, 0.29) is 30.1 Å². The highest BCUT2D eigenvalue weighted by atomic mass is 16.2. The molecule has 0 bridgehead atoms. The molecule has 0 aliphatic heterocycles. The van der Waals surface area contributed by atoms with Gasteiger partial charge in [0.2, 0.25) is 17.7 Å². The normalized spacial score (nSPS) is 15.9. The molecule has 2 atom stereocenters. The minimum absolute atomic E-state index is 0.0215. The molecule has 0 unspecified atom stereocenters. The van der Waals surface area contributed by atoms with Gasteiger partial charge in [-0.1, -0.05) is 89.1 Å². The summed E-state index contributed by atoms with van der Waals surface area (Å²) in [7, 11) is 1.83. The molecule has 2 rings (SSSR count).